The van der Waals surface area contributed by atoms with Gasteiger partial charge in [0.25, 0.3) is 0 Å². The van der Waals surface area contributed by atoms with E-state index in [2.05, 4.69) is 32.7 Å². The SMILES string of the molecule is C=CC(=O)NC1(C2CCCC(C)C2C)C2CC3CC1CC(C)(C3)C2. The molecule has 24 heavy (non-hydrogen) atoms. The van der Waals surface area contributed by atoms with Crippen LogP contribution in [0.25, 0.3) is 0 Å². The van der Waals surface area contributed by atoms with Crippen LogP contribution in [0.1, 0.15) is 72.1 Å². The molecule has 5 aliphatic carbocycles. The third-order valence-corrected chi connectivity index (χ3v) is 8.69. The molecule has 0 heterocycles. The standard InChI is InChI=1S/C22H35NO/c1-5-20(24)23-22(19-8-6-7-14(2)15(19)3)17-9-16-10-18(22)13-21(4,11-16)12-17/h5,14-19H,1,6-13H2,2-4H3,(H,23,24). The number of carbonyl (C=O) groups excluding carboxylic acids is 1. The first-order valence-electron chi connectivity index (χ1n) is 10.3. The zero-order chi connectivity index (χ0) is 17.1. The fourth-order valence-electron chi connectivity index (χ4n) is 7.85. The van der Waals surface area contributed by atoms with Crippen molar-refractivity contribution < 1.29 is 4.79 Å². The van der Waals surface area contributed by atoms with Gasteiger partial charge in [-0.3, -0.25) is 4.79 Å². The molecule has 5 saturated carbocycles. The molecule has 0 radical (unpaired) electrons. The van der Waals surface area contributed by atoms with Gasteiger partial charge in [-0.05, 0) is 85.5 Å². The molecule has 5 aliphatic rings. The average Bonchev–Trinajstić information content (AvgIpc) is 2.52. The molecule has 5 rings (SSSR count). The molecule has 5 fully saturated rings. The number of nitrogens with one attached hydrogen (secondary N) is 1. The van der Waals surface area contributed by atoms with E-state index in [1.165, 1.54) is 57.4 Å². The van der Waals surface area contributed by atoms with E-state index in [1.54, 1.807) is 0 Å². The molecular formula is C22H35NO. The summed E-state index contributed by atoms with van der Waals surface area (Å²) in [6.07, 6.45) is 12.3. The minimum atomic E-state index is 0.0514. The molecule has 134 valence electrons. The first-order chi connectivity index (χ1) is 11.4. The second-order valence-electron chi connectivity index (χ2n) is 10.2. The highest BCUT2D eigenvalue weighted by Crippen LogP contribution is 2.66. The summed E-state index contributed by atoms with van der Waals surface area (Å²) in [5.41, 5.74) is 0.595. The van der Waals surface area contributed by atoms with Crippen molar-refractivity contribution in [3.8, 4) is 0 Å². The van der Waals surface area contributed by atoms with Crippen LogP contribution in [0.15, 0.2) is 12.7 Å². The van der Waals surface area contributed by atoms with Crippen molar-refractivity contribution in [1.29, 1.82) is 0 Å². The zero-order valence-corrected chi connectivity index (χ0v) is 15.8. The Labute approximate surface area is 147 Å². The van der Waals surface area contributed by atoms with Gasteiger partial charge in [-0.1, -0.05) is 40.2 Å². The van der Waals surface area contributed by atoms with Crippen LogP contribution in [0.4, 0.5) is 0 Å². The normalized spacial score (nSPS) is 53.0. The Morgan fingerprint density at radius 1 is 1.12 bits per heavy atom. The van der Waals surface area contributed by atoms with Crippen LogP contribution in [0.2, 0.25) is 0 Å². The summed E-state index contributed by atoms with van der Waals surface area (Å²) < 4.78 is 0. The van der Waals surface area contributed by atoms with Crippen molar-refractivity contribution in [3.63, 3.8) is 0 Å². The molecule has 5 atom stereocenters. The van der Waals surface area contributed by atoms with E-state index in [0.29, 0.717) is 29.1 Å². The summed E-state index contributed by atoms with van der Waals surface area (Å²) >= 11 is 0. The molecule has 0 aliphatic heterocycles. The molecule has 0 saturated heterocycles. The quantitative estimate of drug-likeness (QED) is 0.730. The summed E-state index contributed by atoms with van der Waals surface area (Å²) in [6.45, 7) is 11.2. The van der Waals surface area contributed by atoms with Gasteiger partial charge in [0.1, 0.15) is 0 Å². The van der Waals surface area contributed by atoms with Gasteiger partial charge in [0.2, 0.25) is 5.91 Å². The molecule has 5 unspecified atom stereocenters. The molecule has 4 bridgehead atoms. The number of hydrogen-bond acceptors (Lipinski definition) is 1. The zero-order valence-electron chi connectivity index (χ0n) is 15.8. The lowest BCUT2D eigenvalue weighted by molar-refractivity contribution is -0.160. The van der Waals surface area contributed by atoms with Crippen molar-refractivity contribution in [3.05, 3.63) is 12.7 Å². The molecule has 2 heteroatoms. The third-order valence-electron chi connectivity index (χ3n) is 8.69. The Balaban J connectivity index is 1.75. The average molecular weight is 330 g/mol. The van der Waals surface area contributed by atoms with E-state index >= 15 is 0 Å². The summed E-state index contributed by atoms with van der Waals surface area (Å²) in [6, 6.07) is 0. The maximum absolute atomic E-state index is 12.5. The third kappa shape index (κ3) is 2.31. The van der Waals surface area contributed by atoms with E-state index in [0.717, 1.165) is 11.8 Å². The molecule has 1 amide bonds. The van der Waals surface area contributed by atoms with Gasteiger partial charge in [0.15, 0.2) is 0 Å². The smallest absolute Gasteiger partial charge is 0.243 e. The topological polar surface area (TPSA) is 29.1 Å². The van der Waals surface area contributed by atoms with Crippen LogP contribution in [0.3, 0.4) is 0 Å². The molecule has 2 nitrogen and oxygen atoms in total. The lowest BCUT2D eigenvalue weighted by Gasteiger charge is -2.68. The maximum Gasteiger partial charge on any atom is 0.243 e. The van der Waals surface area contributed by atoms with Crippen LogP contribution in [-0.4, -0.2) is 11.4 Å². The maximum atomic E-state index is 12.5. The van der Waals surface area contributed by atoms with E-state index in [1.807, 2.05) is 0 Å². The first kappa shape index (κ1) is 16.7. The van der Waals surface area contributed by atoms with E-state index in [-0.39, 0.29) is 11.4 Å². The van der Waals surface area contributed by atoms with Crippen molar-refractivity contribution in [2.75, 3.05) is 0 Å². The number of amides is 1. The van der Waals surface area contributed by atoms with Gasteiger partial charge < -0.3 is 5.32 Å². The second-order valence-corrected chi connectivity index (χ2v) is 10.2. The van der Waals surface area contributed by atoms with Crippen molar-refractivity contribution in [2.24, 2.45) is 40.9 Å². The highest BCUT2D eigenvalue weighted by molar-refractivity contribution is 5.87. The minimum Gasteiger partial charge on any atom is -0.346 e. The Hall–Kier alpha value is -0.790. The highest BCUT2D eigenvalue weighted by atomic mass is 16.1. The summed E-state index contributed by atoms with van der Waals surface area (Å²) in [7, 11) is 0. The molecule has 0 aromatic carbocycles. The fourth-order valence-corrected chi connectivity index (χ4v) is 7.85. The van der Waals surface area contributed by atoms with Crippen LogP contribution in [-0.2, 0) is 4.79 Å². The fraction of sp³-hybridized carbons (Fsp3) is 0.864. The molecule has 1 N–H and O–H groups in total. The molecule has 0 spiro atoms. The summed E-state index contributed by atoms with van der Waals surface area (Å²) in [5.74, 6) is 4.52. The number of carbonyl (C=O) groups is 1. The van der Waals surface area contributed by atoms with Crippen LogP contribution in [0.5, 0.6) is 0 Å². The Morgan fingerprint density at radius 2 is 1.79 bits per heavy atom. The molecule has 0 aromatic rings. The van der Waals surface area contributed by atoms with Crippen molar-refractivity contribution in [1.82, 2.24) is 5.32 Å². The predicted octanol–water partition coefficient (Wildman–Crippen LogP) is 4.95. The van der Waals surface area contributed by atoms with Crippen molar-refractivity contribution >= 4 is 5.91 Å². The van der Waals surface area contributed by atoms with Crippen LogP contribution in [0, 0.1) is 40.9 Å². The molecular weight excluding hydrogens is 294 g/mol. The van der Waals surface area contributed by atoms with Gasteiger partial charge in [-0.15, -0.1) is 0 Å². The number of rotatable bonds is 3. The van der Waals surface area contributed by atoms with E-state index in [4.69, 9.17) is 0 Å². The summed E-state index contributed by atoms with van der Waals surface area (Å²) in [5, 5.41) is 3.61. The molecule has 0 aromatic heterocycles. The van der Waals surface area contributed by atoms with E-state index in [9.17, 15) is 4.79 Å². The van der Waals surface area contributed by atoms with Gasteiger partial charge in [-0.2, -0.15) is 0 Å². The van der Waals surface area contributed by atoms with Crippen molar-refractivity contribution in [2.45, 2.75) is 77.7 Å². The Bertz CT molecular complexity index is 522. The monoisotopic (exact) mass is 329 g/mol. The van der Waals surface area contributed by atoms with Crippen LogP contribution < -0.4 is 5.32 Å². The lowest BCUT2D eigenvalue weighted by atomic mass is 9.40. The van der Waals surface area contributed by atoms with Gasteiger partial charge in [0.05, 0.1) is 0 Å². The number of hydrogen-bond donors (Lipinski definition) is 1. The largest absolute Gasteiger partial charge is 0.346 e. The summed E-state index contributed by atoms with van der Waals surface area (Å²) in [4.78, 5) is 12.5. The Morgan fingerprint density at radius 3 is 2.38 bits per heavy atom. The lowest BCUT2D eigenvalue weighted by Crippen LogP contribution is -2.72. The van der Waals surface area contributed by atoms with E-state index < -0.39 is 0 Å². The highest BCUT2D eigenvalue weighted by Gasteiger charge is 2.64. The van der Waals surface area contributed by atoms with Gasteiger partial charge in [-0.25, -0.2) is 0 Å². The Kier molecular flexibility index (Phi) is 3.89. The van der Waals surface area contributed by atoms with Gasteiger partial charge in [0, 0.05) is 5.54 Å². The predicted molar refractivity (Wildman–Crippen MR) is 98.4 cm³/mol. The van der Waals surface area contributed by atoms with Crippen LogP contribution >= 0.6 is 0 Å². The minimum absolute atomic E-state index is 0.0514. The first-order valence-corrected chi connectivity index (χ1v) is 10.3. The van der Waals surface area contributed by atoms with Gasteiger partial charge >= 0.3 is 0 Å². The second kappa shape index (κ2) is 5.61.